The summed E-state index contributed by atoms with van der Waals surface area (Å²) >= 11 is 0. The number of methoxy groups -OCH3 is 1. The maximum absolute atomic E-state index is 12.9. The van der Waals surface area contributed by atoms with Crippen LogP contribution >= 0.6 is 0 Å². The molecule has 1 fully saturated rings. The Labute approximate surface area is 177 Å². The van der Waals surface area contributed by atoms with Crippen LogP contribution in [0.1, 0.15) is 36.9 Å². The minimum absolute atomic E-state index is 0.000223. The van der Waals surface area contributed by atoms with Gasteiger partial charge in [0.2, 0.25) is 5.91 Å². The van der Waals surface area contributed by atoms with E-state index in [1.165, 1.54) is 0 Å². The van der Waals surface area contributed by atoms with Gasteiger partial charge in [-0.05, 0) is 61.2 Å². The van der Waals surface area contributed by atoms with Gasteiger partial charge in [0, 0.05) is 12.6 Å². The highest BCUT2D eigenvalue weighted by atomic mass is 16.6. The van der Waals surface area contributed by atoms with E-state index in [1.54, 1.807) is 13.2 Å². The van der Waals surface area contributed by atoms with Crippen molar-refractivity contribution in [2.75, 3.05) is 33.5 Å². The Morgan fingerprint density at radius 1 is 1.13 bits per heavy atom. The molecule has 2 aromatic carbocycles. The predicted octanol–water partition coefficient (Wildman–Crippen LogP) is 4.24. The summed E-state index contributed by atoms with van der Waals surface area (Å²) in [4.78, 5) is 14.9. The molecule has 6 heteroatoms. The van der Waals surface area contributed by atoms with Gasteiger partial charge in [-0.3, -0.25) is 4.79 Å². The van der Waals surface area contributed by atoms with Crippen molar-refractivity contribution in [1.29, 1.82) is 0 Å². The quantitative estimate of drug-likeness (QED) is 0.668. The highest BCUT2D eigenvalue weighted by Gasteiger charge is 2.29. The molecule has 0 aliphatic carbocycles. The zero-order valence-corrected chi connectivity index (χ0v) is 17.4. The molecule has 0 aromatic heterocycles. The molecule has 6 nitrogen and oxygen atoms in total. The molecule has 2 aliphatic rings. The van der Waals surface area contributed by atoms with Crippen LogP contribution in [-0.4, -0.2) is 44.3 Å². The first-order valence-corrected chi connectivity index (χ1v) is 10.4. The average Bonchev–Trinajstić information content (AvgIpc) is 3.28. The first-order valence-electron chi connectivity index (χ1n) is 10.4. The number of fused-ring (bicyclic) bond motifs is 1. The van der Waals surface area contributed by atoms with Crippen molar-refractivity contribution in [3.05, 3.63) is 53.6 Å². The maximum Gasteiger partial charge on any atom is 0.247 e. The number of ether oxygens (including phenoxy) is 4. The second-order valence-corrected chi connectivity index (χ2v) is 7.27. The molecule has 4 rings (SSSR count). The minimum atomic E-state index is 0.000223. The van der Waals surface area contributed by atoms with Crippen molar-refractivity contribution in [3.63, 3.8) is 0 Å². The van der Waals surface area contributed by atoms with Gasteiger partial charge in [0.15, 0.2) is 23.0 Å². The maximum atomic E-state index is 12.9. The van der Waals surface area contributed by atoms with E-state index in [1.807, 2.05) is 54.3 Å². The number of hydrogen-bond acceptors (Lipinski definition) is 5. The molecule has 1 unspecified atom stereocenters. The molecule has 2 heterocycles. The Bertz CT molecular complexity index is 939. The highest BCUT2D eigenvalue weighted by molar-refractivity contribution is 5.92. The number of carbonyl (C=O) groups excluding carboxylic acids is 1. The van der Waals surface area contributed by atoms with Crippen molar-refractivity contribution >= 4 is 12.0 Å². The fourth-order valence-corrected chi connectivity index (χ4v) is 3.97. The number of amides is 1. The molecule has 2 aliphatic heterocycles. The summed E-state index contributed by atoms with van der Waals surface area (Å²) in [5.41, 5.74) is 1.97. The van der Waals surface area contributed by atoms with Gasteiger partial charge in [-0.2, -0.15) is 0 Å². The first-order chi connectivity index (χ1) is 14.7. The predicted molar refractivity (Wildman–Crippen MR) is 114 cm³/mol. The number of carbonyl (C=O) groups is 1. The summed E-state index contributed by atoms with van der Waals surface area (Å²) in [6.07, 6.45) is 5.37. The second kappa shape index (κ2) is 9.11. The van der Waals surface area contributed by atoms with Gasteiger partial charge in [0.25, 0.3) is 0 Å². The van der Waals surface area contributed by atoms with Crippen LogP contribution < -0.4 is 18.9 Å². The van der Waals surface area contributed by atoms with Crippen molar-refractivity contribution in [1.82, 2.24) is 4.90 Å². The lowest BCUT2D eigenvalue weighted by molar-refractivity contribution is -0.126. The van der Waals surface area contributed by atoms with Crippen LogP contribution in [0.15, 0.2) is 42.5 Å². The third-order valence-electron chi connectivity index (χ3n) is 5.39. The SMILES string of the molecule is CCOc1ccc(/C=C/C(=O)N2CCCC2c2ccc3c(c2)OCCO3)cc1OC. The van der Waals surface area contributed by atoms with Crippen molar-refractivity contribution < 1.29 is 23.7 Å². The van der Waals surface area contributed by atoms with Crippen molar-refractivity contribution in [3.8, 4) is 23.0 Å². The van der Waals surface area contributed by atoms with Crippen LogP contribution in [0.25, 0.3) is 6.08 Å². The number of nitrogens with zero attached hydrogens (tertiary/aromatic N) is 1. The standard InChI is InChI=1S/C24H27NO5/c1-3-28-20-9-6-17(15-22(20)27-2)7-11-24(26)25-12-4-5-19(25)18-8-10-21-23(16-18)30-14-13-29-21/h6-11,15-16,19H,3-5,12-14H2,1-2H3/b11-7+. The van der Waals surface area contributed by atoms with E-state index in [4.69, 9.17) is 18.9 Å². The number of hydrogen-bond donors (Lipinski definition) is 0. The summed E-state index contributed by atoms with van der Waals surface area (Å²) in [5, 5.41) is 0. The van der Waals surface area contributed by atoms with E-state index in [-0.39, 0.29) is 11.9 Å². The summed E-state index contributed by atoms with van der Waals surface area (Å²) in [7, 11) is 1.61. The van der Waals surface area contributed by atoms with Crippen molar-refractivity contribution in [2.24, 2.45) is 0 Å². The third kappa shape index (κ3) is 4.22. The fourth-order valence-electron chi connectivity index (χ4n) is 3.97. The Hall–Kier alpha value is -3.15. The van der Waals surface area contributed by atoms with Crippen LogP contribution in [0.2, 0.25) is 0 Å². The zero-order valence-electron chi connectivity index (χ0n) is 17.4. The van der Waals surface area contributed by atoms with E-state index < -0.39 is 0 Å². The van der Waals surface area contributed by atoms with Crippen LogP contribution in [0, 0.1) is 0 Å². The molecule has 2 aromatic rings. The largest absolute Gasteiger partial charge is 0.493 e. The van der Waals surface area contributed by atoms with E-state index >= 15 is 0 Å². The van der Waals surface area contributed by atoms with Crippen LogP contribution in [0.5, 0.6) is 23.0 Å². The van der Waals surface area contributed by atoms with Gasteiger partial charge in [0.05, 0.1) is 19.8 Å². The summed E-state index contributed by atoms with van der Waals surface area (Å²) in [5.74, 6) is 2.88. The monoisotopic (exact) mass is 409 g/mol. The van der Waals surface area contributed by atoms with E-state index in [0.717, 1.165) is 42.0 Å². The molecule has 1 amide bonds. The molecule has 0 N–H and O–H groups in total. The second-order valence-electron chi connectivity index (χ2n) is 7.27. The molecule has 1 saturated heterocycles. The molecule has 0 radical (unpaired) electrons. The van der Waals surface area contributed by atoms with Gasteiger partial charge in [-0.1, -0.05) is 12.1 Å². The average molecular weight is 409 g/mol. The lowest BCUT2D eigenvalue weighted by Crippen LogP contribution is -2.29. The summed E-state index contributed by atoms with van der Waals surface area (Å²) < 4.78 is 22.3. The lowest BCUT2D eigenvalue weighted by atomic mass is 10.0. The van der Waals surface area contributed by atoms with E-state index in [2.05, 4.69) is 0 Å². The fraction of sp³-hybridized carbons (Fsp3) is 0.375. The molecule has 158 valence electrons. The molecular weight excluding hydrogens is 382 g/mol. The molecule has 0 saturated carbocycles. The molecular formula is C24H27NO5. The Kier molecular flexibility index (Phi) is 6.12. The number of benzene rings is 2. The molecule has 0 bridgehead atoms. The topological polar surface area (TPSA) is 57.2 Å². The van der Waals surface area contributed by atoms with E-state index in [9.17, 15) is 4.79 Å². The molecule has 30 heavy (non-hydrogen) atoms. The smallest absolute Gasteiger partial charge is 0.247 e. The van der Waals surface area contributed by atoms with Crippen LogP contribution in [0.4, 0.5) is 0 Å². The van der Waals surface area contributed by atoms with Crippen molar-refractivity contribution in [2.45, 2.75) is 25.8 Å². The zero-order chi connectivity index (χ0) is 20.9. The summed E-state index contributed by atoms with van der Waals surface area (Å²) in [6, 6.07) is 11.7. The van der Waals surface area contributed by atoms with Gasteiger partial charge in [-0.15, -0.1) is 0 Å². The van der Waals surface area contributed by atoms with Gasteiger partial charge >= 0.3 is 0 Å². The van der Waals surface area contributed by atoms with Gasteiger partial charge in [0.1, 0.15) is 13.2 Å². The Morgan fingerprint density at radius 3 is 2.77 bits per heavy atom. The lowest BCUT2D eigenvalue weighted by Gasteiger charge is -2.26. The third-order valence-corrected chi connectivity index (χ3v) is 5.39. The molecule has 0 spiro atoms. The van der Waals surface area contributed by atoms with Gasteiger partial charge < -0.3 is 23.8 Å². The minimum Gasteiger partial charge on any atom is -0.493 e. The highest BCUT2D eigenvalue weighted by Crippen LogP contribution is 2.38. The van der Waals surface area contributed by atoms with Crippen LogP contribution in [0.3, 0.4) is 0 Å². The Morgan fingerprint density at radius 2 is 1.97 bits per heavy atom. The molecule has 1 atom stereocenters. The normalized spacial score (nSPS) is 17.9. The first kappa shape index (κ1) is 20.1. The Balaban J connectivity index is 1.49. The summed E-state index contributed by atoms with van der Waals surface area (Å²) in [6.45, 7) is 4.37. The number of likely N-dealkylation sites (tertiary alicyclic amines) is 1. The van der Waals surface area contributed by atoms with Gasteiger partial charge in [-0.25, -0.2) is 0 Å². The van der Waals surface area contributed by atoms with Crippen LogP contribution in [-0.2, 0) is 4.79 Å². The van der Waals surface area contributed by atoms with E-state index in [0.29, 0.717) is 31.3 Å². The number of rotatable bonds is 6.